The van der Waals surface area contributed by atoms with Crippen molar-refractivity contribution in [3.8, 4) is 5.75 Å². The Labute approximate surface area is 145 Å². The van der Waals surface area contributed by atoms with Gasteiger partial charge in [-0.3, -0.25) is 4.79 Å². The van der Waals surface area contributed by atoms with Gasteiger partial charge in [0.15, 0.2) is 0 Å². The summed E-state index contributed by atoms with van der Waals surface area (Å²) in [7, 11) is 1.61. The van der Waals surface area contributed by atoms with Crippen LogP contribution in [0.4, 0.5) is 17.3 Å². The second-order valence-corrected chi connectivity index (χ2v) is 5.44. The van der Waals surface area contributed by atoms with E-state index in [2.05, 4.69) is 20.6 Å². The molecular formula is C19H18N4O2. The third-order valence-electron chi connectivity index (χ3n) is 3.51. The van der Waals surface area contributed by atoms with E-state index in [1.165, 1.54) is 0 Å². The molecule has 1 amide bonds. The number of carbonyl (C=O) groups excluding carboxylic acids is 1. The van der Waals surface area contributed by atoms with Gasteiger partial charge in [0.1, 0.15) is 11.4 Å². The smallest absolute Gasteiger partial charge is 0.274 e. The van der Waals surface area contributed by atoms with Crippen LogP contribution in [0.1, 0.15) is 16.1 Å². The zero-order valence-electron chi connectivity index (χ0n) is 14.0. The maximum Gasteiger partial charge on any atom is 0.274 e. The maximum absolute atomic E-state index is 12.4. The van der Waals surface area contributed by atoms with Crippen molar-refractivity contribution in [2.24, 2.45) is 0 Å². The number of benzene rings is 2. The standard InChI is InChI=1S/C19H18N4O2/c1-13-4-3-5-15(12-13)21-18(24)17-10-11-20-19(23-17)22-14-6-8-16(25-2)9-7-14/h3-12H,1-2H3,(H,21,24)(H,20,22,23). The van der Waals surface area contributed by atoms with Crippen LogP contribution in [0, 0.1) is 6.92 Å². The van der Waals surface area contributed by atoms with E-state index in [4.69, 9.17) is 4.74 Å². The number of hydrogen-bond donors (Lipinski definition) is 2. The number of nitrogens with zero attached hydrogens (tertiary/aromatic N) is 2. The number of aryl methyl sites for hydroxylation is 1. The molecule has 1 aromatic heterocycles. The van der Waals surface area contributed by atoms with Crippen LogP contribution < -0.4 is 15.4 Å². The molecule has 2 N–H and O–H groups in total. The van der Waals surface area contributed by atoms with Crippen molar-refractivity contribution in [1.82, 2.24) is 9.97 Å². The van der Waals surface area contributed by atoms with Crippen LogP contribution in [0.3, 0.4) is 0 Å². The Balaban J connectivity index is 1.72. The van der Waals surface area contributed by atoms with Gasteiger partial charge >= 0.3 is 0 Å². The lowest BCUT2D eigenvalue weighted by Crippen LogP contribution is -2.14. The molecular weight excluding hydrogens is 316 g/mol. The molecule has 2 aromatic carbocycles. The maximum atomic E-state index is 12.4. The Morgan fingerprint density at radius 1 is 1.04 bits per heavy atom. The summed E-state index contributed by atoms with van der Waals surface area (Å²) < 4.78 is 5.12. The summed E-state index contributed by atoms with van der Waals surface area (Å²) in [5, 5.41) is 5.90. The molecule has 126 valence electrons. The molecule has 6 nitrogen and oxygen atoms in total. The van der Waals surface area contributed by atoms with Crippen LogP contribution in [-0.4, -0.2) is 23.0 Å². The first-order chi connectivity index (χ1) is 12.1. The summed E-state index contributed by atoms with van der Waals surface area (Å²) in [6, 6.07) is 16.5. The number of aromatic nitrogens is 2. The van der Waals surface area contributed by atoms with Crippen molar-refractivity contribution in [1.29, 1.82) is 0 Å². The summed E-state index contributed by atoms with van der Waals surface area (Å²) in [5.41, 5.74) is 2.89. The van der Waals surface area contributed by atoms with Crippen LogP contribution in [0.2, 0.25) is 0 Å². The number of anilines is 3. The molecule has 0 bridgehead atoms. The molecule has 25 heavy (non-hydrogen) atoms. The van der Waals surface area contributed by atoms with Gasteiger partial charge in [0.25, 0.3) is 5.91 Å². The SMILES string of the molecule is COc1ccc(Nc2nccc(C(=O)Nc3cccc(C)c3)n2)cc1. The van der Waals surface area contributed by atoms with Gasteiger partial charge in [0, 0.05) is 17.6 Å². The number of ether oxygens (including phenoxy) is 1. The zero-order valence-corrected chi connectivity index (χ0v) is 14.0. The molecule has 0 unspecified atom stereocenters. The lowest BCUT2D eigenvalue weighted by Gasteiger charge is -2.08. The van der Waals surface area contributed by atoms with Crippen molar-refractivity contribution in [3.63, 3.8) is 0 Å². The topological polar surface area (TPSA) is 76.1 Å². The summed E-state index contributed by atoms with van der Waals surface area (Å²) >= 11 is 0. The quantitative estimate of drug-likeness (QED) is 0.742. The number of amides is 1. The van der Waals surface area contributed by atoms with Crippen LogP contribution in [0.15, 0.2) is 60.8 Å². The third-order valence-corrected chi connectivity index (χ3v) is 3.51. The van der Waals surface area contributed by atoms with Crippen molar-refractivity contribution < 1.29 is 9.53 Å². The van der Waals surface area contributed by atoms with E-state index in [1.54, 1.807) is 19.4 Å². The van der Waals surface area contributed by atoms with Gasteiger partial charge in [-0.15, -0.1) is 0 Å². The van der Waals surface area contributed by atoms with Gasteiger partial charge in [-0.2, -0.15) is 0 Å². The van der Waals surface area contributed by atoms with E-state index in [0.29, 0.717) is 5.95 Å². The molecule has 0 aliphatic carbocycles. The Bertz CT molecular complexity index is 879. The van der Waals surface area contributed by atoms with Crippen molar-refractivity contribution >= 4 is 23.2 Å². The highest BCUT2D eigenvalue weighted by atomic mass is 16.5. The normalized spacial score (nSPS) is 10.2. The Kier molecular flexibility index (Phi) is 4.89. The number of hydrogen-bond acceptors (Lipinski definition) is 5. The van der Waals surface area contributed by atoms with Gasteiger partial charge in [-0.05, 0) is 55.0 Å². The molecule has 0 spiro atoms. The van der Waals surface area contributed by atoms with E-state index < -0.39 is 0 Å². The highest BCUT2D eigenvalue weighted by Crippen LogP contribution is 2.18. The average molecular weight is 334 g/mol. The first-order valence-corrected chi connectivity index (χ1v) is 7.76. The van der Waals surface area contributed by atoms with Gasteiger partial charge < -0.3 is 15.4 Å². The van der Waals surface area contributed by atoms with E-state index in [1.807, 2.05) is 55.5 Å². The number of methoxy groups -OCH3 is 1. The molecule has 0 radical (unpaired) electrons. The molecule has 0 saturated carbocycles. The van der Waals surface area contributed by atoms with E-state index in [9.17, 15) is 4.79 Å². The van der Waals surface area contributed by atoms with Crippen LogP contribution in [0.5, 0.6) is 5.75 Å². The van der Waals surface area contributed by atoms with Crippen molar-refractivity contribution in [2.45, 2.75) is 6.92 Å². The zero-order chi connectivity index (χ0) is 17.6. The van der Waals surface area contributed by atoms with Crippen LogP contribution >= 0.6 is 0 Å². The summed E-state index contributed by atoms with van der Waals surface area (Å²) in [4.78, 5) is 20.8. The van der Waals surface area contributed by atoms with Crippen molar-refractivity contribution in [2.75, 3.05) is 17.7 Å². The Morgan fingerprint density at radius 2 is 1.84 bits per heavy atom. The molecule has 3 aromatic rings. The fourth-order valence-corrected chi connectivity index (χ4v) is 2.27. The highest BCUT2D eigenvalue weighted by Gasteiger charge is 2.09. The first-order valence-electron chi connectivity index (χ1n) is 7.76. The van der Waals surface area contributed by atoms with E-state index in [-0.39, 0.29) is 11.6 Å². The third kappa shape index (κ3) is 4.32. The lowest BCUT2D eigenvalue weighted by atomic mass is 10.2. The molecule has 3 rings (SSSR count). The second-order valence-electron chi connectivity index (χ2n) is 5.44. The largest absolute Gasteiger partial charge is 0.497 e. The van der Waals surface area contributed by atoms with Gasteiger partial charge in [0.2, 0.25) is 5.95 Å². The van der Waals surface area contributed by atoms with Gasteiger partial charge in [0.05, 0.1) is 7.11 Å². The molecule has 0 saturated heterocycles. The fraction of sp³-hybridized carbons (Fsp3) is 0.105. The second kappa shape index (κ2) is 7.44. The predicted octanol–water partition coefficient (Wildman–Crippen LogP) is 3.79. The minimum atomic E-state index is -0.286. The minimum Gasteiger partial charge on any atom is -0.497 e. The minimum absolute atomic E-state index is 0.285. The fourth-order valence-electron chi connectivity index (χ4n) is 2.27. The summed E-state index contributed by atoms with van der Waals surface area (Å²) in [6.45, 7) is 1.97. The van der Waals surface area contributed by atoms with E-state index in [0.717, 1.165) is 22.7 Å². The number of rotatable bonds is 5. The molecule has 0 atom stereocenters. The summed E-state index contributed by atoms with van der Waals surface area (Å²) in [5.74, 6) is 0.825. The highest BCUT2D eigenvalue weighted by molar-refractivity contribution is 6.03. The molecule has 0 aliphatic heterocycles. The average Bonchev–Trinajstić information content (AvgIpc) is 2.62. The molecule has 0 aliphatic rings. The van der Waals surface area contributed by atoms with Gasteiger partial charge in [-0.25, -0.2) is 9.97 Å². The van der Waals surface area contributed by atoms with E-state index >= 15 is 0 Å². The van der Waals surface area contributed by atoms with Crippen molar-refractivity contribution in [3.05, 3.63) is 72.1 Å². The number of nitrogens with one attached hydrogen (secondary N) is 2. The first kappa shape index (κ1) is 16.4. The predicted molar refractivity (Wildman–Crippen MR) is 97.4 cm³/mol. The number of carbonyl (C=O) groups is 1. The Hall–Kier alpha value is -3.41. The Morgan fingerprint density at radius 3 is 2.56 bits per heavy atom. The van der Waals surface area contributed by atoms with Crippen LogP contribution in [0.25, 0.3) is 0 Å². The lowest BCUT2D eigenvalue weighted by molar-refractivity contribution is 0.102. The van der Waals surface area contributed by atoms with Gasteiger partial charge in [-0.1, -0.05) is 12.1 Å². The monoisotopic (exact) mass is 334 g/mol. The van der Waals surface area contributed by atoms with Crippen LogP contribution in [-0.2, 0) is 0 Å². The molecule has 1 heterocycles. The summed E-state index contributed by atoms with van der Waals surface area (Å²) in [6.07, 6.45) is 1.55. The molecule has 6 heteroatoms. The molecule has 0 fully saturated rings.